The highest BCUT2D eigenvalue weighted by Crippen LogP contribution is 2.22. The van der Waals surface area contributed by atoms with E-state index in [1.165, 1.54) is 6.07 Å². The first-order chi connectivity index (χ1) is 31.9. The highest BCUT2D eigenvalue weighted by Gasteiger charge is 2.06. The Balaban J connectivity index is 0.000000145. The summed E-state index contributed by atoms with van der Waals surface area (Å²) in [4.78, 5) is 12.3. The van der Waals surface area contributed by atoms with Crippen LogP contribution >= 0.6 is 11.6 Å². The summed E-state index contributed by atoms with van der Waals surface area (Å²) >= 11 is 6.12. The van der Waals surface area contributed by atoms with Gasteiger partial charge in [-0.15, -0.1) is 0 Å². The monoisotopic (exact) mass is 883 g/mol. The van der Waals surface area contributed by atoms with Crippen molar-refractivity contribution in [1.82, 2.24) is 44.3 Å². The summed E-state index contributed by atoms with van der Waals surface area (Å²) in [6.07, 6.45) is 9.40. The molecule has 0 saturated carbocycles. The standard InChI is InChI=1S/C18H15N3.C17H13ClFN3.C17H13F2N3/c1-2-8-16(9-3-1)18-12-15-21(20-18)14-7-5-11-17-10-4-6-13-19-17;18-16-8-4-9-17-15(16)12-22(21-17)10-2-1-5-13-6-3-7-14(11-19)20-13;18-11-15-8-4-7-14(20-15)6-1-2-10-22-12-13-5-3-9-16(19)17(13)21-22/h1-4,6,8-10,12-13,15H,7,14H2;3-4,6-9,12H,2,10-11H2;3-5,7-9,12H,2,10-11H2. The summed E-state index contributed by atoms with van der Waals surface area (Å²) < 4.78 is 44.0. The third kappa shape index (κ3) is 13.5. The van der Waals surface area contributed by atoms with E-state index in [-0.39, 0.29) is 5.82 Å². The molecule has 0 radical (unpaired) electrons. The first kappa shape index (κ1) is 45.1. The molecule has 0 N–H and O–H groups in total. The van der Waals surface area contributed by atoms with Crippen LogP contribution in [0.25, 0.3) is 33.1 Å². The Kier molecular flexibility index (Phi) is 16.3. The SMILES string of the molecule is C(#Cc1ccccn1)CCn1ccc(-c2ccccc2)n1.FCc1cccc(C#CCCn2cc3c(Cl)cccc3n2)n1.FCc1cccc(C#CCCn2cc3cccc(F)c3n2)n1. The molecule has 0 amide bonds. The van der Waals surface area contributed by atoms with Crippen LogP contribution in [-0.2, 0) is 33.0 Å². The largest absolute Gasteiger partial charge is 0.271 e. The van der Waals surface area contributed by atoms with Crippen molar-refractivity contribution in [1.29, 1.82) is 0 Å². The zero-order chi connectivity index (χ0) is 45.1. The Hall–Kier alpha value is -7.98. The van der Waals surface area contributed by atoms with Crippen LogP contribution in [0.2, 0.25) is 5.02 Å². The molecule has 9 rings (SSSR count). The van der Waals surface area contributed by atoms with E-state index in [4.69, 9.17) is 11.6 Å². The lowest BCUT2D eigenvalue weighted by Crippen LogP contribution is -1.97. The smallest absolute Gasteiger partial charge is 0.151 e. The second-order valence-corrected chi connectivity index (χ2v) is 14.5. The van der Waals surface area contributed by atoms with Gasteiger partial charge in [0.15, 0.2) is 5.82 Å². The first-order valence-corrected chi connectivity index (χ1v) is 21.1. The summed E-state index contributed by atoms with van der Waals surface area (Å²) in [6, 6.07) is 38.7. The minimum absolute atomic E-state index is 0.324. The zero-order valence-corrected chi connectivity index (χ0v) is 35.9. The average molecular weight is 884 g/mol. The number of hydrogen-bond donors (Lipinski definition) is 0. The van der Waals surface area contributed by atoms with Gasteiger partial charge in [-0.25, -0.2) is 28.1 Å². The number of benzene rings is 3. The maximum Gasteiger partial charge on any atom is 0.151 e. The molecule has 9 nitrogen and oxygen atoms in total. The number of hydrogen-bond acceptors (Lipinski definition) is 6. The molecule has 0 aliphatic carbocycles. The van der Waals surface area contributed by atoms with E-state index in [0.717, 1.165) is 46.2 Å². The first-order valence-electron chi connectivity index (χ1n) is 20.7. The third-order valence-electron chi connectivity index (χ3n) is 9.39. The summed E-state index contributed by atoms with van der Waals surface area (Å²) in [5.74, 6) is 17.7. The van der Waals surface area contributed by atoms with Gasteiger partial charge in [0.1, 0.15) is 35.9 Å². The van der Waals surface area contributed by atoms with Crippen LogP contribution in [0.5, 0.6) is 0 Å². The number of nitrogens with zero attached hydrogens (tertiary/aromatic N) is 9. The molecule has 0 fully saturated rings. The van der Waals surface area contributed by atoms with Crippen LogP contribution in [0.4, 0.5) is 13.2 Å². The van der Waals surface area contributed by atoms with Gasteiger partial charge < -0.3 is 0 Å². The van der Waals surface area contributed by atoms with Crippen LogP contribution in [0.3, 0.4) is 0 Å². The van der Waals surface area contributed by atoms with Gasteiger partial charge in [-0.3, -0.25) is 14.0 Å². The molecule has 6 aromatic heterocycles. The Morgan fingerprint density at radius 3 is 1.77 bits per heavy atom. The molecule has 0 saturated heterocycles. The lowest BCUT2D eigenvalue weighted by atomic mass is 10.2. The molecule has 0 bridgehead atoms. The van der Waals surface area contributed by atoms with Crippen LogP contribution in [0.15, 0.2) is 152 Å². The number of fused-ring (bicyclic) bond motifs is 2. The number of alkyl halides is 2. The van der Waals surface area contributed by atoms with E-state index in [0.29, 0.717) is 59.2 Å². The molecular formula is C52H41ClF3N9. The van der Waals surface area contributed by atoms with E-state index in [9.17, 15) is 13.2 Å². The van der Waals surface area contributed by atoms with Crippen LogP contribution in [0, 0.1) is 41.3 Å². The molecule has 0 atom stereocenters. The fourth-order valence-electron chi connectivity index (χ4n) is 6.25. The van der Waals surface area contributed by atoms with Crippen molar-refractivity contribution in [3.8, 4) is 46.8 Å². The van der Waals surface area contributed by atoms with Gasteiger partial charge in [0.05, 0.1) is 47.3 Å². The number of halogens is 4. The zero-order valence-electron chi connectivity index (χ0n) is 35.1. The number of aromatic nitrogens is 9. The number of aryl methyl sites for hydroxylation is 3. The minimum Gasteiger partial charge on any atom is -0.271 e. The highest BCUT2D eigenvalue weighted by molar-refractivity contribution is 6.35. The molecule has 9 aromatic rings. The van der Waals surface area contributed by atoms with E-state index in [1.54, 1.807) is 59.5 Å². The Morgan fingerprint density at radius 1 is 0.538 bits per heavy atom. The van der Waals surface area contributed by atoms with Crippen LogP contribution in [0.1, 0.15) is 47.7 Å². The van der Waals surface area contributed by atoms with Gasteiger partial charge in [-0.05, 0) is 78.4 Å². The summed E-state index contributed by atoms with van der Waals surface area (Å²) in [6.45, 7) is 0.842. The molecule has 6 heterocycles. The Labute approximate surface area is 380 Å². The molecule has 0 aliphatic rings. The second kappa shape index (κ2) is 23.5. The molecular weight excluding hydrogens is 843 g/mol. The lowest BCUT2D eigenvalue weighted by molar-refractivity contribution is 0.475. The van der Waals surface area contributed by atoms with Crippen molar-refractivity contribution in [2.24, 2.45) is 0 Å². The molecule has 3 aromatic carbocycles. The topological polar surface area (TPSA) is 92.1 Å². The average Bonchev–Trinajstić information content (AvgIpc) is 4.12. The maximum atomic E-state index is 13.5. The van der Waals surface area contributed by atoms with Crippen molar-refractivity contribution < 1.29 is 13.2 Å². The van der Waals surface area contributed by atoms with Gasteiger partial charge in [0, 0.05) is 60.4 Å². The van der Waals surface area contributed by atoms with Gasteiger partial charge in [-0.2, -0.15) is 15.3 Å². The summed E-state index contributed by atoms with van der Waals surface area (Å²) in [5, 5.41) is 15.6. The maximum absolute atomic E-state index is 13.5. The quantitative estimate of drug-likeness (QED) is 0.134. The van der Waals surface area contributed by atoms with Crippen LogP contribution in [-0.4, -0.2) is 44.3 Å². The van der Waals surface area contributed by atoms with E-state index < -0.39 is 13.3 Å². The second-order valence-electron chi connectivity index (χ2n) is 14.1. The van der Waals surface area contributed by atoms with E-state index in [1.807, 2.05) is 88.5 Å². The van der Waals surface area contributed by atoms with Gasteiger partial charge in [0.2, 0.25) is 0 Å². The van der Waals surface area contributed by atoms with Crippen molar-refractivity contribution in [3.63, 3.8) is 0 Å². The third-order valence-corrected chi connectivity index (χ3v) is 9.72. The number of pyridine rings is 3. The Bertz CT molecular complexity index is 3000. The van der Waals surface area contributed by atoms with Crippen molar-refractivity contribution in [2.75, 3.05) is 0 Å². The normalized spacial score (nSPS) is 10.3. The molecule has 0 unspecified atom stereocenters. The molecule has 0 aliphatic heterocycles. The van der Waals surface area contributed by atoms with Gasteiger partial charge in [-0.1, -0.05) is 96.1 Å². The van der Waals surface area contributed by atoms with Crippen molar-refractivity contribution in [3.05, 3.63) is 191 Å². The van der Waals surface area contributed by atoms with Gasteiger partial charge >= 0.3 is 0 Å². The van der Waals surface area contributed by atoms with E-state index in [2.05, 4.69) is 77.9 Å². The van der Waals surface area contributed by atoms with Crippen LogP contribution < -0.4 is 0 Å². The lowest BCUT2D eigenvalue weighted by Gasteiger charge is -1.97. The summed E-state index contributed by atoms with van der Waals surface area (Å²) in [7, 11) is 0. The fraction of sp³-hybridized carbons (Fsp3) is 0.154. The fourth-order valence-corrected chi connectivity index (χ4v) is 6.47. The number of rotatable bonds is 9. The highest BCUT2D eigenvalue weighted by atomic mass is 35.5. The predicted octanol–water partition coefficient (Wildman–Crippen LogP) is 10.9. The molecule has 322 valence electrons. The predicted molar refractivity (Wildman–Crippen MR) is 249 cm³/mol. The van der Waals surface area contributed by atoms with Crippen molar-refractivity contribution >= 4 is 33.4 Å². The van der Waals surface area contributed by atoms with E-state index >= 15 is 0 Å². The Morgan fingerprint density at radius 2 is 1.14 bits per heavy atom. The molecule has 13 heteroatoms. The minimum atomic E-state index is -0.596. The summed E-state index contributed by atoms with van der Waals surface area (Å²) in [5.41, 5.74) is 6.09. The van der Waals surface area contributed by atoms with Crippen molar-refractivity contribution in [2.45, 2.75) is 52.2 Å². The molecule has 65 heavy (non-hydrogen) atoms. The van der Waals surface area contributed by atoms with Gasteiger partial charge in [0.25, 0.3) is 0 Å². The molecule has 0 spiro atoms.